The van der Waals surface area contributed by atoms with Crippen LogP contribution in [0.15, 0.2) is 36.5 Å². The van der Waals surface area contributed by atoms with Gasteiger partial charge in [0.05, 0.1) is 12.5 Å². The summed E-state index contributed by atoms with van der Waals surface area (Å²) in [4.78, 5) is 30.5. The molecule has 1 amide bonds. The number of nitrogens with zero attached hydrogens (tertiary/aromatic N) is 2. The zero-order chi connectivity index (χ0) is 18.0. The molecule has 1 unspecified atom stereocenters. The first-order valence-corrected chi connectivity index (χ1v) is 8.21. The number of benzene rings is 1. The Hall–Kier alpha value is -2.89. The molecule has 2 aromatic rings. The molecule has 6 nitrogen and oxygen atoms in total. The molecule has 1 atom stereocenters. The van der Waals surface area contributed by atoms with Crippen molar-refractivity contribution in [1.82, 2.24) is 9.88 Å². The number of aromatic nitrogens is 1. The summed E-state index contributed by atoms with van der Waals surface area (Å²) in [5.41, 5.74) is 2.78. The van der Waals surface area contributed by atoms with Crippen molar-refractivity contribution in [2.75, 3.05) is 13.2 Å². The van der Waals surface area contributed by atoms with Crippen molar-refractivity contribution < 1.29 is 19.4 Å². The fourth-order valence-electron chi connectivity index (χ4n) is 3.17. The summed E-state index contributed by atoms with van der Waals surface area (Å²) in [5, 5.41) is 9.57. The number of carbonyl (C=O) groups excluding carboxylic acids is 1. The first-order valence-electron chi connectivity index (χ1n) is 8.21. The molecule has 0 aliphatic carbocycles. The smallest absolute Gasteiger partial charge is 0.312 e. The van der Waals surface area contributed by atoms with E-state index in [9.17, 15) is 14.7 Å². The van der Waals surface area contributed by atoms with Gasteiger partial charge in [-0.2, -0.15) is 0 Å². The topological polar surface area (TPSA) is 79.7 Å². The van der Waals surface area contributed by atoms with Crippen molar-refractivity contribution in [3.8, 4) is 5.88 Å². The molecule has 0 saturated heterocycles. The highest BCUT2D eigenvalue weighted by molar-refractivity contribution is 5.98. The van der Waals surface area contributed by atoms with Crippen LogP contribution in [0.1, 0.15) is 39.9 Å². The number of carbonyl (C=O) groups is 2. The highest BCUT2D eigenvalue weighted by atomic mass is 16.5. The Morgan fingerprint density at radius 1 is 1.32 bits per heavy atom. The molecule has 3 rings (SSSR count). The lowest BCUT2D eigenvalue weighted by atomic mass is 9.89. The summed E-state index contributed by atoms with van der Waals surface area (Å²) in [6, 6.07) is 9.11. The second-order valence-electron chi connectivity index (χ2n) is 6.02. The van der Waals surface area contributed by atoms with Crippen LogP contribution >= 0.6 is 0 Å². The van der Waals surface area contributed by atoms with Crippen LogP contribution in [-0.2, 0) is 11.3 Å². The van der Waals surface area contributed by atoms with E-state index >= 15 is 0 Å². The molecular weight excluding hydrogens is 320 g/mol. The Labute approximate surface area is 146 Å². The molecule has 0 spiro atoms. The van der Waals surface area contributed by atoms with Crippen LogP contribution < -0.4 is 4.74 Å². The minimum absolute atomic E-state index is 0.130. The van der Waals surface area contributed by atoms with Gasteiger partial charge < -0.3 is 14.7 Å². The first kappa shape index (κ1) is 17.0. The fourth-order valence-corrected chi connectivity index (χ4v) is 3.17. The van der Waals surface area contributed by atoms with Gasteiger partial charge in [-0.1, -0.05) is 24.3 Å². The van der Waals surface area contributed by atoms with Crippen LogP contribution in [0.25, 0.3) is 0 Å². The van der Waals surface area contributed by atoms with Gasteiger partial charge in [0.25, 0.3) is 5.91 Å². The lowest BCUT2D eigenvalue weighted by Crippen LogP contribution is -2.41. The van der Waals surface area contributed by atoms with Gasteiger partial charge in [-0.15, -0.1) is 0 Å². The standard InChI is InChI=1S/C19H20N2O4/c1-3-25-17-16(12(2)8-9-20-17)18(22)21-10-13-6-4-5-7-14(13)15(11-21)19(23)24/h4-9,15H,3,10-11H2,1-2H3,(H,23,24). The SMILES string of the molecule is CCOc1nccc(C)c1C(=O)N1Cc2ccccc2C(C(=O)O)C1. The molecule has 6 heteroatoms. The van der Waals surface area contributed by atoms with E-state index in [4.69, 9.17) is 4.74 Å². The third-order valence-corrected chi connectivity index (χ3v) is 4.40. The second-order valence-corrected chi connectivity index (χ2v) is 6.02. The number of amides is 1. The van der Waals surface area contributed by atoms with E-state index in [2.05, 4.69) is 4.98 Å². The Kier molecular flexibility index (Phi) is 4.70. The zero-order valence-electron chi connectivity index (χ0n) is 14.2. The minimum atomic E-state index is -0.933. The molecule has 1 aliphatic rings. The van der Waals surface area contributed by atoms with Crippen LogP contribution in [0.3, 0.4) is 0 Å². The van der Waals surface area contributed by atoms with Gasteiger partial charge >= 0.3 is 5.97 Å². The lowest BCUT2D eigenvalue weighted by molar-refractivity contribution is -0.139. The van der Waals surface area contributed by atoms with Crippen LogP contribution in [0.2, 0.25) is 0 Å². The molecule has 0 saturated carbocycles. The molecule has 1 N–H and O–H groups in total. The number of hydrogen-bond donors (Lipinski definition) is 1. The average Bonchev–Trinajstić information content (AvgIpc) is 2.60. The van der Waals surface area contributed by atoms with Gasteiger partial charge in [0.1, 0.15) is 5.56 Å². The third-order valence-electron chi connectivity index (χ3n) is 4.40. The summed E-state index contributed by atoms with van der Waals surface area (Å²) < 4.78 is 5.50. The molecule has 130 valence electrons. The number of carboxylic acid groups (broad SMARTS) is 1. The number of rotatable bonds is 4. The van der Waals surface area contributed by atoms with E-state index < -0.39 is 11.9 Å². The molecule has 0 fully saturated rings. The maximum atomic E-state index is 13.1. The normalized spacial score (nSPS) is 16.2. The maximum Gasteiger partial charge on any atom is 0.312 e. The van der Waals surface area contributed by atoms with Gasteiger partial charge in [-0.25, -0.2) is 4.98 Å². The number of fused-ring (bicyclic) bond motifs is 1. The van der Waals surface area contributed by atoms with Gasteiger partial charge in [-0.3, -0.25) is 9.59 Å². The van der Waals surface area contributed by atoms with Gasteiger partial charge in [0.2, 0.25) is 5.88 Å². The van der Waals surface area contributed by atoms with Gasteiger partial charge in [0.15, 0.2) is 0 Å². The van der Waals surface area contributed by atoms with Crippen molar-refractivity contribution in [2.45, 2.75) is 26.3 Å². The Morgan fingerprint density at radius 3 is 2.80 bits per heavy atom. The average molecular weight is 340 g/mol. The number of pyridine rings is 1. The van der Waals surface area contributed by atoms with Gasteiger partial charge in [0, 0.05) is 19.3 Å². The van der Waals surface area contributed by atoms with E-state index in [1.165, 1.54) is 0 Å². The maximum absolute atomic E-state index is 13.1. The monoisotopic (exact) mass is 340 g/mol. The van der Waals surface area contributed by atoms with Crippen molar-refractivity contribution in [2.24, 2.45) is 0 Å². The van der Waals surface area contributed by atoms with E-state index in [1.54, 1.807) is 17.2 Å². The summed E-state index contributed by atoms with van der Waals surface area (Å²) in [5.74, 6) is -1.63. The van der Waals surface area contributed by atoms with Crippen LogP contribution in [0.4, 0.5) is 0 Å². The Morgan fingerprint density at radius 2 is 2.08 bits per heavy atom. The first-order chi connectivity index (χ1) is 12.0. The number of aryl methyl sites for hydroxylation is 1. The van der Waals surface area contributed by atoms with Crippen LogP contribution in [-0.4, -0.2) is 40.0 Å². The van der Waals surface area contributed by atoms with E-state index in [0.29, 0.717) is 24.6 Å². The molecule has 0 bridgehead atoms. The number of aliphatic carboxylic acids is 1. The number of hydrogen-bond acceptors (Lipinski definition) is 4. The summed E-state index contributed by atoms with van der Waals surface area (Å²) in [6.07, 6.45) is 1.60. The predicted molar refractivity (Wildman–Crippen MR) is 91.7 cm³/mol. The third kappa shape index (κ3) is 3.20. The highest BCUT2D eigenvalue weighted by Crippen LogP contribution is 2.31. The van der Waals surface area contributed by atoms with Crippen LogP contribution in [0, 0.1) is 6.92 Å². The quantitative estimate of drug-likeness (QED) is 0.925. The molecule has 0 radical (unpaired) electrons. The van der Waals surface area contributed by atoms with Crippen molar-refractivity contribution >= 4 is 11.9 Å². The molecular formula is C19H20N2O4. The lowest BCUT2D eigenvalue weighted by Gasteiger charge is -2.33. The second kappa shape index (κ2) is 6.93. The number of carboxylic acids is 1. The largest absolute Gasteiger partial charge is 0.481 e. The van der Waals surface area contributed by atoms with E-state index in [-0.39, 0.29) is 12.5 Å². The van der Waals surface area contributed by atoms with Gasteiger partial charge in [-0.05, 0) is 36.6 Å². The van der Waals surface area contributed by atoms with Crippen molar-refractivity contribution in [3.63, 3.8) is 0 Å². The fraction of sp³-hybridized carbons (Fsp3) is 0.316. The molecule has 2 heterocycles. The Bertz CT molecular complexity index is 819. The molecule has 25 heavy (non-hydrogen) atoms. The molecule has 1 aliphatic heterocycles. The summed E-state index contributed by atoms with van der Waals surface area (Å²) in [6.45, 7) is 4.56. The van der Waals surface area contributed by atoms with Crippen LogP contribution in [0.5, 0.6) is 5.88 Å². The number of ether oxygens (including phenoxy) is 1. The van der Waals surface area contributed by atoms with E-state index in [0.717, 1.165) is 16.7 Å². The Balaban J connectivity index is 1.98. The molecule has 1 aromatic heterocycles. The highest BCUT2D eigenvalue weighted by Gasteiger charge is 2.34. The van der Waals surface area contributed by atoms with E-state index in [1.807, 2.05) is 38.1 Å². The molecule has 1 aromatic carbocycles. The van der Waals surface area contributed by atoms with Crippen molar-refractivity contribution in [3.05, 3.63) is 58.8 Å². The predicted octanol–water partition coefficient (Wildman–Crippen LogP) is 2.61. The van der Waals surface area contributed by atoms with Crippen molar-refractivity contribution in [1.29, 1.82) is 0 Å². The minimum Gasteiger partial charge on any atom is -0.481 e. The summed E-state index contributed by atoms with van der Waals surface area (Å²) >= 11 is 0. The zero-order valence-corrected chi connectivity index (χ0v) is 14.2. The summed E-state index contributed by atoms with van der Waals surface area (Å²) in [7, 11) is 0.